The van der Waals surface area contributed by atoms with E-state index in [0.717, 1.165) is 24.0 Å². The lowest BCUT2D eigenvalue weighted by Crippen LogP contribution is -2.26. The van der Waals surface area contributed by atoms with Gasteiger partial charge in [-0.3, -0.25) is 4.79 Å². The summed E-state index contributed by atoms with van der Waals surface area (Å²) in [5, 5.41) is 18.7. The van der Waals surface area contributed by atoms with Crippen molar-refractivity contribution in [3.05, 3.63) is 76.6 Å². The molecule has 1 fully saturated rings. The number of halogens is 1. The minimum absolute atomic E-state index is 0.000406. The number of benzene rings is 3. The first kappa shape index (κ1) is 26.0. The van der Waals surface area contributed by atoms with Crippen LogP contribution in [0.3, 0.4) is 0 Å². The molecule has 1 N–H and O–H groups in total. The highest BCUT2D eigenvalue weighted by atomic mass is 19.1. The Hall–Kier alpha value is -4.29. The number of ether oxygens (including phenoxy) is 5. The van der Waals surface area contributed by atoms with Gasteiger partial charge in [-0.15, -0.1) is 0 Å². The summed E-state index contributed by atoms with van der Waals surface area (Å²) in [6, 6.07) is 15.6. The zero-order valence-electron chi connectivity index (χ0n) is 21.7. The molecule has 2 atom stereocenters. The lowest BCUT2D eigenvalue weighted by atomic mass is 9.98. The van der Waals surface area contributed by atoms with Crippen LogP contribution in [0.4, 0.5) is 4.39 Å². The third-order valence-corrected chi connectivity index (χ3v) is 7.57. The molecule has 9 heteroatoms. The third-order valence-electron chi connectivity index (χ3n) is 7.57. The van der Waals surface area contributed by atoms with Crippen LogP contribution in [0.15, 0.2) is 48.5 Å². The molecule has 0 saturated carbocycles. The molecular weight excluding hydrogens is 517 g/mol. The van der Waals surface area contributed by atoms with Gasteiger partial charge in [-0.2, -0.15) is 5.26 Å². The number of fused-ring (bicyclic) bond motifs is 2. The molecule has 2 heterocycles. The van der Waals surface area contributed by atoms with Gasteiger partial charge < -0.3 is 28.8 Å². The predicted molar refractivity (Wildman–Crippen MR) is 141 cm³/mol. The van der Waals surface area contributed by atoms with Gasteiger partial charge in [-0.1, -0.05) is 6.07 Å². The smallest absolute Gasteiger partial charge is 0.304 e. The molecule has 2 aliphatic heterocycles. The van der Waals surface area contributed by atoms with E-state index in [2.05, 4.69) is 6.07 Å². The van der Waals surface area contributed by atoms with Crippen molar-refractivity contribution < 1.29 is 38.0 Å². The molecule has 0 unspecified atom stereocenters. The number of hydrogen-bond acceptors (Lipinski definition) is 7. The summed E-state index contributed by atoms with van der Waals surface area (Å²) < 4.78 is 44.7. The topological polar surface area (TPSA) is 107 Å². The van der Waals surface area contributed by atoms with E-state index >= 15 is 4.39 Å². The molecule has 40 heavy (non-hydrogen) atoms. The van der Waals surface area contributed by atoms with Gasteiger partial charge in [0.05, 0.1) is 31.8 Å². The molecule has 1 aliphatic carbocycles. The van der Waals surface area contributed by atoms with Crippen LogP contribution in [0, 0.1) is 17.1 Å². The largest absolute Gasteiger partial charge is 0.492 e. The average molecular weight is 546 g/mol. The fourth-order valence-electron chi connectivity index (χ4n) is 5.59. The Morgan fingerprint density at radius 3 is 2.65 bits per heavy atom. The quantitative estimate of drug-likeness (QED) is 0.364. The van der Waals surface area contributed by atoms with Gasteiger partial charge in [-0.05, 0) is 43.2 Å². The van der Waals surface area contributed by atoms with E-state index < -0.39 is 12.1 Å². The van der Waals surface area contributed by atoms with Crippen molar-refractivity contribution in [1.29, 1.82) is 5.26 Å². The van der Waals surface area contributed by atoms with Crippen molar-refractivity contribution in [1.82, 2.24) is 0 Å². The maximum absolute atomic E-state index is 15.1. The summed E-state index contributed by atoms with van der Waals surface area (Å²) in [5.74, 6) is 1.16. The van der Waals surface area contributed by atoms with Crippen molar-refractivity contribution >= 4 is 5.97 Å². The molecule has 6 rings (SSSR count). The SMILES string of the molecule is N#Cc1ccc(Oc2ccc(F)c3c2CC[C@H]3Oc2ccc3c(c2)OC[C@H]3CC(=O)O)cc1OC1CCOCC1. The average Bonchev–Trinajstić information content (AvgIpc) is 3.55. The Kier molecular flexibility index (Phi) is 7.18. The minimum atomic E-state index is -0.873. The number of hydrogen-bond donors (Lipinski definition) is 1. The molecule has 1 saturated heterocycles. The van der Waals surface area contributed by atoms with Crippen LogP contribution < -0.4 is 18.9 Å². The molecular formula is C31H28FNO7. The molecule has 0 radical (unpaired) electrons. The summed E-state index contributed by atoms with van der Waals surface area (Å²) in [4.78, 5) is 11.1. The van der Waals surface area contributed by atoms with Crippen LogP contribution in [-0.4, -0.2) is 37.0 Å². The number of aliphatic carboxylic acids is 1. The fourth-order valence-corrected chi connectivity index (χ4v) is 5.59. The maximum atomic E-state index is 15.1. The number of carbonyl (C=O) groups is 1. The van der Waals surface area contributed by atoms with E-state index in [9.17, 15) is 10.1 Å². The van der Waals surface area contributed by atoms with Crippen LogP contribution in [0.2, 0.25) is 0 Å². The van der Waals surface area contributed by atoms with Gasteiger partial charge in [-0.25, -0.2) is 4.39 Å². The second kappa shape index (κ2) is 11.1. The Morgan fingerprint density at radius 1 is 1.02 bits per heavy atom. The van der Waals surface area contributed by atoms with Crippen LogP contribution in [0.5, 0.6) is 28.7 Å². The zero-order chi connectivity index (χ0) is 27.6. The summed E-state index contributed by atoms with van der Waals surface area (Å²) in [5.41, 5.74) is 2.45. The Balaban J connectivity index is 1.20. The van der Waals surface area contributed by atoms with Crippen LogP contribution in [0.25, 0.3) is 0 Å². The number of carboxylic acid groups (broad SMARTS) is 1. The Labute approximate surface area is 230 Å². The van der Waals surface area contributed by atoms with Crippen LogP contribution in [0.1, 0.15) is 60.0 Å². The molecule has 3 aromatic rings. The van der Waals surface area contributed by atoms with E-state index in [0.29, 0.717) is 72.5 Å². The fraction of sp³-hybridized carbons (Fsp3) is 0.355. The first-order valence-corrected chi connectivity index (χ1v) is 13.4. The molecule has 206 valence electrons. The number of carboxylic acids is 1. The lowest BCUT2D eigenvalue weighted by Gasteiger charge is -2.24. The number of rotatable bonds is 8. The number of nitriles is 1. The van der Waals surface area contributed by atoms with Crippen LogP contribution in [-0.2, 0) is 16.0 Å². The van der Waals surface area contributed by atoms with Gasteiger partial charge in [0.1, 0.15) is 52.8 Å². The van der Waals surface area contributed by atoms with Gasteiger partial charge in [0.25, 0.3) is 0 Å². The second-order valence-electron chi connectivity index (χ2n) is 10.2. The zero-order valence-corrected chi connectivity index (χ0v) is 21.7. The first-order chi connectivity index (χ1) is 19.5. The summed E-state index contributed by atoms with van der Waals surface area (Å²) >= 11 is 0. The standard InChI is InChI=1S/C31H28FNO7/c32-25-6-8-26(39-21-2-1-18(16-33)28(14-21)38-20-9-11-36-12-10-20)24-5-7-27(31(24)25)40-22-3-4-23-19(13-30(34)35)17-37-29(23)15-22/h1-4,6,8,14-15,19-20,27H,5,7,9-13,17H2,(H,34,35)/t19-,27-/m1/s1. The first-order valence-electron chi connectivity index (χ1n) is 13.4. The van der Waals surface area contributed by atoms with Gasteiger partial charge in [0.2, 0.25) is 0 Å². The maximum Gasteiger partial charge on any atom is 0.304 e. The normalized spacial score (nSPS) is 19.7. The van der Waals surface area contributed by atoms with E-state index in [1.807, 2.05) is 6.07 Å². The van der Waals surface area contributed by atoms with Crippen LogP contribution >= 0.6 is 0 Å². The molecule has 3 aliphatic rings. The molecule has 0 amide bonds. The lowest BCUT2D eigenvalue weighted by molar-refractivity contribution is -0.137. The predicted octanol–water partition coefficient (Wildman–Crippen LogP) is 6.06. The molecule has 3 aromatic carbocycles. The van der Waals surface area contributed by atoms with Crippen molar-refractivity contribution in [3.63, 3.8) is 0 Å². The van der Waals surface area contributed by atoms with E-state index in [4.69, 9.17) is 28.8 Å². The van der Waals surface area contributed by atoms with Crippen molar-refractivity contribution in [3.8, 4) is 34.8 Å². The molecule has 0 spiro atoms. The monoisotopic (exact) mass is 545 g/mol. The summed E-state index contributed by atoms with van der Waals surface area (Å²) in [6.07, 6.45) is 2.09. The molecule has 8 nitrogen and oxygen atoms in total. The number of nitrogens with zero attached hydrogens (tertiary/aromatic N) is 1. The van der Waals surface area contributed by atoms with Gasteiger partial charge >= 0.3 is 5.97 Å². The van der Waals surface area contributed by atoms with Crippen molar-refractivity contribution in [2.24, 2.45) is 0 Å². The van der Waals surface area contributed by atoms with Crippen molar-refractivity contribution in [2.45, 2.75) is 50.2 Å². The highest BCUT2D eigenvalue weighted by Crippen LogP contribution is 2.44. The molecule has 0 bridgehead atoms. The third kappa shape index (κ3) is 5.27. The summed E-state index contributed by atoms with van der Waals surface area (Å²) in [7, 11) is 0. The van der Waals surface area contributed by atoms with Crippen molar-refractivity contribution in [2.75, 3.05) is 19.8 Å². The van der Waals surface area contributed by atoms with E-state index in [1.54, 1.807) is 36.4 Å². The van der Waals surface area contributed by atoms with E-state index in [-0.39, 0.29) is 24.3 Å². The van der Waals surface area contributed by atoms with E-state index in [1.165, 1.54) is 6.07 Å². The highest BCUT2D eigenvalue weighted by molar-refractivity contribution is 5.69. The second-order valence-corrected chi connectivity index (χ2v) is 10.2. The Morgan fingerprint density at radius 2 is 1.85 bits per heavy atom. The van der Waals surface area contributed by atoms with Gasteiger partial charge in [0.15, 0.2) is 0 Å². The highest BCUT2D eigenvalue weighted by Gasteiger charge is 2.32. The minimum Gasteiger partial charge on any atom is -0.492 e. The molecule has 0 aromatic heterocycles. The Bertz CT molecular complexity index is 1480. The summed E-state index contributed by atoms with van der Waals surface area (Å²) in [6.45, 7) is 1.55. The van der Waals surface area contributed by atoms with Gasteiger partial charge in [0, 0.05) is 47.6 Å².